The SMILES string of the molecule is CNCC(C)C(C)c1ccc(Sc2ccccc2)cc1. The molecule has 0 bridgehead atoms. The quantitative estimate of drug-likeness (QED) is 0.818. The van der Waals surface area contributed by atoms with Gasteiger partial charge in [-0.2, -0.15) is 0 Å². The Bertz CT molecular complexity index is 507. The minimum Gasteiger partial charge on any atom is -0.319 e. The van der Waals surface area contributed by atoms with Gasteiger partial charge in [-0.15, -0.1) is 0 Å². The van der Waals surface area contributed by atoms with Crippen molar-refractivity contribution < 1.29 is 0 Å². The van der Waals surface area contributed by atoms with Crippen molar-refractivity contribution in [3.8, 4) is 0 Å². The summed E-state index contributed by atoms with van der Waals surface area (Å²) in [6.07, 6.45) is 0. The van der Waals surface area contributed by atoms with Crippen LogP contribution in [0.2, 0.25) is 0 Å². The molecule has 2 unspecified atom stereocenters. The van der Waals surface area contributed by atoms with E-state index < -0.39 is 0 Å². The first-order chi connectivity index (χ1) is 9.70. The lowest BCUT2D eigenvalue weighted by Gasteiger charge is -2.20. The molecule has 0 radical (unpaired) electrons. The van der Waals surface area contributed by atoms with Crippen molar-refractivity contribution >= 4 is 11.8 Å². The first-order valence-electron chi connectivity index (χ1n) is 7.18. The summed E-state index contributed by atoms with van der Waals surface area (Å²) in [7, 11) is 2.02. The Hall–Kier alpha value is -1.25. The van der Waals surface area contributed by atoms with Crippen LogP contribution in [-0.2, 0) is 0 Å². The monoisotopic (exact) mass is 285 g/mol. The van der Waals surface area contributed by atoms with Crippen LogP contribution in [0.15, 0.2) is 64.4 Å². The average Bonchev–Trinajstić information content (AvgIpc) is 2.48. The number of nitrogens with one attached hydrogen (secondary N) is 1. The predicted octanol–water partition coefficient (Wildman–Crippen LogP) is 4.80. The highest BCUT2D eigenvalue weighted by atomic mass is 32.2. The second kappa shape index (κ2) is 7.51. The Morgan fingerprint density at radius 1 is 0.900 bits per heavy atom. The van der Waals surface area contributed by atoms with Crippen LogP contribution in [0.3, 0.4) is 0 Å². The van der Waals surface area contributed by atoms with Crippen molar-refractivity contribution in [3.05, 3.63) is 60.2 Å². The molecule has 1 nitrogen and oxygen atoms in total. The van der Waals surface area contributed by atoms with E-state index in [1.54, 1.807) is 0 Å². The molecule has 2 aromatic rings. The summed E-state index contributed by atoms with van der Waals surface area (Å²) >= 11 is 1.81. The van der Waals surface area contributed by atoms with Crippen LogP contribution in [0.1, 0.15) is 25.3 Å². The van der Waals surface area contributed by atoms with Crippen molar-refractivity contribution in [1.29, 1.82) is 0 Å². The normalized spacial score (nSPS) is 13.9. The molecule has 0 aliphatic carbocycles. The molecule has 0 aliphatic rings. The summed E-state index contributed by atoms with van der Waals surface area (Å²) in [5.41, 5.74) is 1.42. The molecule has 0 aliphatic heterocycles. The Morgan fingerprint density at radius 2 is 1.50 bits per heavy atom. The summed E-state index contributed by atoms with van der Waals surface area (Å²) in [6.45, 7) is 5.66. The third-order valence-corrected chi connectivity index (χ3v) is 4.78. The van der Waals surface area contributed by atoms with E-state index in [4.69, 9.17) is 0 Å². The van der Waals surface area contributed by atoms with E-state index in [1.807, 2.05) is 18.8 Å². The van der Waals surface area contributed by atoms with E-state index in [-0.39, 0.29) is 0 Å². The minimum absolute atomic E-state index is 0.582. The molecule has 0 aromatic heterocycles. The molecule has 0 saturated heterocycles. The zero-order valence-electron chi connectivity index (χ0n) is 12.5. The molecule has 2 aromatic carbocycles. The second-order valence-electron chi connectivity index (χ2n) is 5.31. The first-order valence-corrected chi connectivity index (χ1v) is 8.00. The Balaban J connectivity index is 2.03. The van der Waals surface area contributed by atoms with Gasteiger partial charge in [0.25, 0.3) is 0 Å². The van der Waals surface area contributed by atoms with E-state index in [1.165, 1.54) is 15.4 Å². The standard InChI is InChI=1S/C18H23NS/c1-14(13-19-3)15(2)16-9-11-18(12-10-16)20-17-7-5-4-6-8-17/h4-12,14-15,19H,13H2,1-3H3. The Morgan fingerprint density at radius 3 is 2.10 bits per heavy atom. The van der Waals surface area contributed by atoms with E-state index in [0.717, 1.165) is 6.54 Å². The molecule has 0 saturated carbocycles. The van der Waals surface area contributed by atoms with Gasteiger partial charge >= 0.3 is 0 Å². The fraction of sp³-hybridized carbons (Fsp3) is 0.333. The maximum Gasteiger partial charge on any atom is 0.0122 e. The van der Waals surface area contributed by atoms with Crippen LogP contribution in [0, 0.1) is 5.92 Å². The zero-order chi connectivity index (χ0) is 14.4. The lowest BCUT2D eigenvalue weighted by atomic mass is 9.89. The topological polar surface area (TPSA) is 12.0 Å². The maximum absolute atomic E-state index is 3.26. The number of rotatable bonds is 6. The van der Waals surface area contributed by atoms with Crippen molar-refractivity contribution in [1.82, 2.24) is 5.32 Å². The van der Waals surface area contributed by atoms with Gasteiger partial charge < -0.3 is 5.32 Å². The minimum atomic E-state index is 0.582. The second-order valence-corrected chi connectivity index (χ2v) is 6.45. The van der Waals surface area contributed by atoms with Crippen LogP contribution < -0.4 is 5.32 Å². The fourth-order valence-electron chi connectivity index (χ4n) is 2.29. The number of hydrogen-bond donors (Lipinski definition) is 1. The van der Waals surface area contributed by atoms with E-state index in [0.29, 0.717) is 11.8 Å². The molecular formula is C18H23NS. The summed E-state index contributed by atoms with van der Waals surface area (Å²) in [6, 6.07) is 19.5. The van der Waals surface area contributed by atoms with Crippen LogP contribution >= 0.6 is 11.8 Å². The van der Waals surface area contributed by atoms with Gasteiger partial charge in [-0.05, 0) is 55.3 Å². The molecule has 0 spiro atoms. The van der Waals surface area contributed by atoms with Crippen molar-refractivity contribution in [3.63, 3.8) is 0 Å². The summed E-state index contributed by atoms with van der Waals surface area (Å²) in [5.74, 6) is 1.23. The molecule has 2 rings (SSSR count). The van der Waals surface area contributed by atoms with Crippen molar-refractivity contribution in [2.24, 2.45) is 5.92 Å². The van der Waals surface area contributed by atoms with Crippen molar-refractivity contribution in [2.75, 3.05) is 13.6 Å². The van der Waals surface area contributed by atoms with Gasteiger partial charge in [0.05, 0.1) is 0 Å². The van der Waals surface area contributed by atoms with E-state index in [2.05, 4.69) is 73.8 Å². The summed E-state index contributed by atoms with van der Waals surface area (Å²) in [4.78, 5) is 2.59. The average molecular weight is 285 g/mol. The molecule has 1 N–H and O–H groups in total. The molecule has 106 valence electrons. The molecule has 2 atom stereocenters. The first kappa shape index (κ1) is 15.1. The van der Waals surface area contributed by atoms with Crippen LogP contribution in [-0.4, -0.2) is 13.6 Å². The molecular weight excluding hydrogens is 262 g/mol. The van der Waals surface area contributed by atoms with Crippen LogP contribution in [0.4, 0.5) is 0 Å². The molecule has 2 heteroatoms. The predicted molar refractivity (Wildman–Crippen MR) is 88.5 cm³/mol. The fourth-order valence-corrected chi connectivity index (χ4v) is 3.13. The molecule has 0 fully saturated rings. The van der Waals surface area contributed by atoms with Gasteiger partial charge in [-0.25, -0.2) is 0 Å². The number of benzene rings is 2. The van der Waals surface area contributed by atoms with E-state index in [9.17, 15) is 0 Å². The molecule has 20 heavy (non-hydrogen) atoms. The highest BCUT2D eigenvalue weighted by Crippen LogP contribution is 2.30. The van der Waals surface area contributed by atoms with Crippen molar-refractivity contribution in [2.45, 2.75) is 29.6 Å². The maximum atomic E-state index is 3.26. The van der Waals surface area contributed by atoms with Gasteiger partial charge in [0.2, 0.25) is 0 Å². The van der Waals surface area contributed by atoms with Gasteiger partial charge in [0.15, 0.2) is 0 Å². The van der Waals surface area contributed by atoms with Gasteiger partial charge in [0.1, 0.15) is 0 Å². The number of hydrogen-bond acceptors (Lipinski definition) is 2. The molecule has 0 amide bonds. The van der Waals surface area contributed by atoms with Crippen LogP contribution in [0.25, 0.3) is 0 Å². The third kappa shape index (κ3) is 4.12. The van der Waals surface area contributed by atoms with Gasteiger partial charge in [-0.3, -0.25) is 0 Å². The third-order valence-electron chi connectivity index (χ3n) is 3.76. The highest BCUT2D eigenvalue weighted by Gasteiger charge is 2.13. The van der Waals surface area contributed by atoms with Gasteiger partial charge in [0, 0.05) is 9.79 Å². The summed E-state index contributed by atoms with van der Waals surface area (Å²) < 4.78 is 0. The Labute approximate surface area is 126 Å². The highest BCUT2D eigenvalue weighted by molar-refractivity contribution is 7.99. The Kier molecular flexibility index (Phi) is 5.69. The lowest BCUT2D eigenvalue weighted by Crippen LogP contribution is -2.20. The molecule has 0 heterocycles. The largest absolute Gasteiger partial charge is 0.319 e. The van der Waals surface area contributed by atoms with E-state index >= 15 is 0 Å². The lowest BCUT2D eigenvalue weighted by molar-refractivity contribution is 0.466. The summed E-state index contributed by atoms with van der Waals surface area (Å²) in [5, 5.41) is 3.26. The smallest absolute Gasteiger partial charge is 0.0122 e. The zero-order valence-corrected chi connectivity index (χ0v) is 13.3. The van der Waals surface area contributed by atoms with Crippen LogP contribution in [0.5, 0.6) is 0 Å². The van der Waals surface area contributed by atoms with Gasteiger partial charge in [-0.1, -0.05) is 55.9 Å².